The van der Waals surface area contributed by atoms with Crippen molar-refractivity contribution in [3.05, 3.63) is 80.6 Å². The third-order valence-corrected chi connectivity index (χ3v) is 4.41. The maximum absolute atomic E-state index is 12.7. The zero-order chi connectivity index (χ0) is 21.3. The smallest absolute Gasteiger partial charge is 0.322 e. The molecule has 11 heteroatoms. The Kier molecular flexibility index (Phi) is 5.29. The number of nitro groups is 1. The van der Waals surface area contributed by atoms with E-state index in [1.807, 2.05) is 0 Å². The van der Waals surface area contributed by atoms with Crippen LogP contribution in [0.25, 0.3) is 5.69 Å². The molecule has 0 unspecified atom stereocenters. The molecular weight excluding hydrogens is 413 g/mol. The lowest BCUT2D eigenvalue weighted by atomic mass is 10.2. The second-order valence-corrected chi connectivity index (χ2v) is 6.38. The molecule has 150 valence electrons. The van der Waals surface area contributed by atoms with E-state index in [1.165, 1.54) is 35.1 Å². The van der Waals surface area contributed by atoms with Gasteiger partial charge in [-0.2, -0.15) is 18.3 Å². The van der Waals surface area contributed by atoms with Crippen LogP contribution in [-0.2, 0) is 6.18 Å². The van der Waals surface area contributed by atoms with Crippen molar-refractivity contribution in [1.29, 1.82) is 0 Å². The fourth-order valence-electron chi connectivity index (χ4n) is 2.61. The minimum atomic E-state index is -4.45. The summed E-state index contributed by atoms with van der Waals surface area (Å²) in [7, 11) is 0. The summed E-state index contributed by atoms with van der Waals surface area (Å²) in [6.07, 6.45) is -3.20. The first-order valence-corrected chi connectivity index (χ1v) is 8.43. The lowest BCUT2D eigenvalue weighted by Gasteiger charge is -2.09. The Morgan fingerprint density at radius 3 is 2.45 bits per heavy atom. The molecule has 0 saturated heterocycles. The van der Waals surface area contributed by atoms with Crippen LogP contribution in [0.4, 0.5) is 24.5 Å². The van der Waals surface area contributed by atoms with E-state index >= 15 is 0 Å². The van der Waals surface area contributed by atoms with Gasteiger partial charge in [0.2, 0.25) is 0 Å². The van der Waals surface area contributed by atoms with Crippen molar-refractivity contribution in [1.82, 2.24) is 9.78 Å². The Bertz CT molecular complexity index is 1090. The molecule has 0 atom stereocenters. The van der Waals surface area contributed by atoms with E-state index in [9.17, 15) is 28.1 Å². The quantitative estimate of drug-likeness (QED) is 0.470. The molecule has 3 rings (SSSR count). The highest BCUT2D eigenvalue weighted by atomic mass is 35.5. The number of nitrogens with one attached hydrogen (secondary N) is 1. The van der Waals surface area contributed by atoms with Gasteiger partial charge in [-0.3, -0.25) is 14.9 Å². The lowest BCUT2D eigenvalue weighted by molar-refractivity contribution is -0.384. The molecule has 3 aromatic rings. The van der Waals surface area contributed by atoms with Crippen molar-refractivity contribution in [2.24, 2.45) is 0 Å². The Labute approximate surface area is 166 Å². The molecule has 0 spiro atoms. The zero-order valence-corrected chi connectivity index (χ0v) is 15.5. The molecule has 0 saturated carbocycles. The number of nitro benzene ring substituents is 1. The van der Waals surface area contributed by atoms with Gasteiger partial charge in [-0.25, -0.2) is 4.68 Å². The van der Waals surface area contributed by atoms with E-state index in [0.717, 1.165) is 18.2 Å². The largest absolute Gasteiger partial charge is 0.416 e. The average Bonchev–Trinajstić information content (AvgIpc) is 3.04. The number of carbonyl (C=O) groups is 1. The molecule has 1 heterocycles. The normalized spacial score (nSPS) is 11.3. The number of benzene rings is 2. The van der Waals surface area contributed by atoms with Gasteiger partial charge in [-0.05, 0) is 43.3 Å². The second-order valence-electron chi connectivity index (χ2n) is 5.98. The fraction of sp³-hybridized carbons (Fsp3) is 0.111. The van der Waals surface area contributed by atoms with Gasteiger partial charge in [0.1, 0.15) is 5.02 Å². The maximum Gasteiger partial charge on any atom is 0.416 e. The summed E-state index contributed by atoms with van der Waals surface area (Å²) in [4.78, 5) is 22.8. The Balaban J connectivity index is 1.85. The number of anilines is 1. The average molecular weight is 425 g/mol. The molecule has 0 aliphatic carbocycles. The van der Waals surface area contributed by atoms with Crippen LogP contribution >= 0.6 is 11.6 Å². The molecule has 1 amide bonds. The predicted molar refractivity (Wildman–Crippen MR) is 99.4 cm³/mol. The van der Waals surface area contributed by atoms with Gasteiger partial charge in [-0.1, -0.05) is 11.6 Å². The van der Waals surface area contributed by atoms with Gasteiger partial charge < -0.3 is 5.32 Å². The topological polar surface area (TPSA) is 90.1 Å². The number of alkyl halides is 3. The minimum absolute atomic E-state index is 0.0701. The van der Waals surface area contributed by atoms with Crippen LogP contribution < -0.4 is 5.32 Å². The summed E-state index contributed by atoms with van der Waals surface area (Å²) < 4.78 is 39.4. The summed E-state index contributed by atoms with van der Waals surface area (Å²) in [5, 5.41) is 17.4. The molecule has 7 nitrogen and oxygen atoms in total. The monoisotopic (exact) mass is 424 g/mol. The number of nitrogens with zero attached hydrogens (tertiary/aromatic N) is 3. The van der Waals surface area contributed by atoms with Crippen LogP contribution in [0.1, 0.15) is 21.6 Å². The van der Waals surface area contributed by atoms with E-state index in [1.54, 1.807) is 6.92 Å². The molecule has 0 aliphatic heterocycles. The maximum atomic E-state index is 12.7. The third-order valence-electron chi connectivity index (χ3n) is 4.09. The van der Waals surface area contributed by atoms with Crippen molar-refractivity contribution in [3.8, 4) is 5.69 Å². The highest BCUT2D eigenvalue weighted by molar-refractivity contribution is 6.32. The number of hydrogen-bond donors (Lipinski definition) is 1. The van der Waals surface area contributed by atoms with Crippen LogP contribution in [0.3, 0.4) is 0 Å². The third kappa shape index (κ3) is 4.21. The van der Waals surface area contributed by atoms with Crippen LogP contribution in [-0.4, -0.2) is 20.6 Å². The molecule has 0 bridgehead atoms. The van der Waals surface area contributed by atoms with E-state index in [2.05, 4.69) is 10.4 Å². The van der Waals surface area contributed by atoms with Crippen LogP contribution in [0.5, 0.6) is 0 Å². The van der Waals surface area contributed by atoms with Crippen molar-refractivity contribution in [3.63, 3.8) is 0 Å². The summed E-state index contributed by atoms with van der Waals surface area (Å²) in [5.41, 5.74) is -0.118. The highest BCUT2D eigenvalue weighted by Crippen LogP contribution is 2.30. The van der Waals surface area contributed by atoms with Gasteiger partial charge in [0.25, 0.3) is 11.6 Å². The van der Waals surface area contributed by atoms with Gasteiger partial charge in [0.05, 0.1) is 33.6 Å². The van der Waals surface area contributed by atoms with Crippen molar-refractivity contribution in [2.75, 3.05) is 5.32 Å². The lowest BCUT2D eigenvalue weighted by Crippen LogP contribution is -2.13. The van der Waals surface area contributed by atoms with Gasteiger partial charge in [-0.15, -0.1) is 0 Å². The first-order valence-electron chi connectivity index (χ1n) is 8.05. The van der Waals surface area contributed by atoms with Gasteiger partial charge >= 0.3 is 6.18 Å². The number of amides is 1. The SMILES string of the molecule is Cc1c(C(=O)Nc2ccc(Cl)c([N+](=O)[O-])c2)cnn1-c1ccc(C(F)(F)F)cc1. The number of rotatable bonds is 4. The summed E-state index contributed by atoms with van der Waals surface area (Å²) >= 11 is 5.74. The first-order chi connectivity index (χ1) is 13.6. The molecule has 0 aliphatic rings. The van der Waals surface area contributed by atoms with Crippen LogP contribution in [0.15, 0.2) is 48.7 Å². The van der Waals surface area contributed by atoms with E-state index in [-0.39, 0.29) is 22.0 Å². The number of aromatic nitrogens is 2. The van der Waals surface area contributed by atoms with Gasteiger partial charge in [0.15, 0.2) is 0 Å². The highest BCUT2D eigenvalue weighted by Gasteiger charge is 2.30. The predicted octanol–water partition coefficient (Wildman–Crippen LogP) is 5.01. The molecule has 2 aromatic carbocycles. The summed E-state index contributed by atoms with van der Waals surface area (Å²) in [6, 6.07) is 8.14. The summed E-state index contributed by atoms with van der Waals surface area (Å²) in [6.45, 7) is 1.57. The van der Waals surface area contributed by atoms with Crippen LogP contribution in [0.2, 0.25) is 5.02 Å². The summed E-state index contributed by atoms with van der Waals surface area (Å²) in [5.74, 6) is -0.586. The second kappa shape index (κ2) is 7.55. The molecule has 1 N–H and O–H groups in total. The van der Waals surface area contributed by atoms with Crippen LogP contribution in [0, 0.1) is 17.0 Å². The van der Waals surface area contributed by atoms with E-state index in [0.29, 0.717) is 11.4 Å². The van der Waals surface area contributed by atoms with Gasteiger partial charge in [0, 0.05) is 11.8 Å². The Morgan fingerprint density at radius 2 is 1.86 bits per heavy atom. The molecule has 1 aromatic heterocycles. The molecule has 0 radical (unpaired) electrons. The molecular formula is C18H12ClF3N4O3. The van der Waals surface area contributed by atoms with Crippen molar-refractivity contribution in [2.45, 2.75) is 13.1 Å². The molecule has 29 heavy (non-hydrogen) atoms. The Morgan fingerprint density at radius 1 is 1.21 bits per heavy atom. The van der Waals surface area contributed by atoms with E-state index < -0.39 is 22.6 Å². The number of halogens is 4. The standard InChI is InChI=1S/C18H12ClF3N4O3/c1-10-14(17(27)24-12-4-7-15(19)16(8-12)26(28)29)9-23-25(10)13-5-2-11(3-6-13)18(20,21)22/h2-9H,1H3,(H,24,27). The number of carbonyl (C=O) groups excluding carboxylic acids is 1. The molecule has 0 fully saturated rings. The fourth-order valence-corrected chi connectivity index (χ4v) is 2.80. The zero-order valence-electron chi connectivity index (χ0n) is 14.7. The number of hydrogen-bond acceptors (Lipinski definition) is 4. The van der Waals surface area contributed by atoms with Crippen molar-refractivity contribution < 1.29 is 22.9 Å². The Hall–Kier alpha value is -3.40. The van der Waals surface area contributed by atoms with Crippen molar-refractivity contribution >= 4 is 28.9 Å². The first kappa shape index (κ1) is 20.3. The van der Waals surface area contributed by atoms with E-state index in [4.69, 9.17) is 11.6 Å². The minimum Gasteiger partial charge on any atom is -0.322 e.